The molecule has 4 nitrogen and oxygen atoms in total. The second-order valence-electron chi connectivity index (χ2n) is 5.70. The normalized spacial score (nSPS) is 17.1. The predicted molar refractivity (Wildman–Crippen MR) is 79.5 cm³/mol. The number of piperidine rings is 1. The summed E-state index contributed by atoms with van der Waals surface area (Å²) in [6.07, 6.45) is 1.69. The lowest BCUT2D eigenvalue weighted by Crippen LogP contribution is -2.46. The lowest BCUT2D eigenvalue weighted by Gasteiger charge is -2.37. The molecule has 1 fully saturated rings. The summed E-state index contributed by atoms with van der Waals surface area (Å²) in [5.74, 6) is -1.62. The first-order chi connectivity index (χ1) is 10.5. The van der Waals surface area contributed by atoms with Crippen molar-refractivity contribution in [3.05, 3.63) is 35.4 Å². The van der Waals surface area contributed by atoms with Crippen LogP contribution in [0.3, 0.4) is 0 Å². The number of likely N-dealkylation sites (N-methyl/N-ethyl adjacent to an activating group) is 1. The van der Waals surface area contributed by atoms with E-state index in [1.165, 1.54) is 6.07 Å². The molecule has 1 heterocycles. The third-order valence-electron chi connectivity index (χ3n) is 4.22. The number of likely N-dealkylation sites (tertiary alicyclic amines) is 1. The highest BCUT2D eigenvalue weighted by Gasteiger charge is 2.25. The Hall–Kier alpha value is -1.53. The lowest BCUT2D eigenvalue weighted by atomic mass is 10.0. The minimum absolute atomic E-state index is 0.0552. The highest BCUT2D eigenvalue weighted by molar-refractivity contribution is 5.69. The van der Waals surface area contributed by atoms with Crippen LogP contribution in [0.5, 0.6) is 0 Å². The van der Waals surface area contributed by atoms with E-state index in [0.29, 0.717) is 18.7 Å². The molecular formula is C16H22F2N2O2. The Morgan fingerprint density at radius 1 is 1.36 bits per heavy atom. The zero-order chi connectivity index (χ0) is 16.1. The third-order valence-corrected chi connectivity index (χ3v) is 4.22. The molecule has 0 aromatic heterocycles. The number of aliphatic carboxylic acids is 1. The number of carbonyl (C=O) groups is 1. The zero-order valence-corrected chi connectivity index (χ0v) is 12.8. The molecule has 0 atom stereocenters. The van der Waals surface area contributed by atoms with Crippen molar-refractivity contribution in [1.82, 2.24) is 9.80 Å². The summed E-state index contributed by atoms with van der Waals surface area (Å²) in [7, 11) is 0. The summed E-state index contributed by atoms with van der Waals surface area (Å²) < 4.78 is 26.8. The highest BCUT2D eigenvalue weighted by atomic mass is 19.1. The van der Waals surface area contributed by atoms with Gasteiger partial charge in [-0.3, -0.25) is 14.6 Å². The molecule has 0 amide bonds. The van der Waals surface area contributed by atoms with Gasteiger partial charge in [0.2, 0.25) is 0 Å². The van der Waals surface area contributed by atoms with E-state index in [2.05, 4.69) is 4.90 Å². The van der Waals surface area contributed by atoms with Gasteiger partial charge in [-0.05, 0) is 50.7 Å². The Kier molecular flexibility index (Phi) is 5.85. The average Bonchev–Trinajstić information content (AvgIpc) is 2.49. The molecule has 0 spiro atoms. The van der Waals surface area contributed by atoms with Crippen molar-refractivity contribution in [2.24, 2.45) is 0 Å². The number of rotatable bonds is 6. The number of nitrogens with zero attached hydrogens (tertiary/aromatic N) is 2. The molecule has 0 radical (unpaired) electrons. The largest absolute Gasteiger partial charge is 0.480 e. The number of carboxylic acids is 1. The number of hydrogen-bond donors (Lipinski definition) is 1. The van der Waals surface area contributed by atoms with Gasteiger partial charge in [0.25, 0.3) is 0 Å². The third kappa shape index (κ3) is 4.48. The summed E-state index contributed by atoms with van der Waals surface area (Å²) in [6, 6.07) is 3.76. The first-order valence-electron chi connectivity index (χ1n) is 7.61. The monoisotopic (exact) mass is 312 g/mol. The van der Waals surface area contributed by atoms with Crippen molar-refractivity contribution in [1.29, 1.82) is 0 Å². The van der Waals surface area contributed by atoms with Crippen LogP contribution in [0.2, 0.25) is 0 Å². The molecule has 1 aromatic carbocycles. The van der Waals surface area contributed by atoms with Crippen molar-refractivity contribution in [3.8, 4) is 0 Å². The molecule has 6 heteroatoms. The molecule has 0 saturated carbocycles. The Morgan fingerprint density at radius 3 is 2.64 bits per heavy atom. The zero-order valence-electron chi connectivity index (χ0n) is 12.8. The first-order valence-corrected chi connectivity index (χ1v) is 7.61. The molecule has 1 N–H and O–H groups in total. The average molecular weight is 312 g/mol. The minimum Gasteiger partial charge on any atom is -0.480 e. The van der Waals surface area contributed by atoms with Gasteiger partial charge in [0, 0.05) is 18.2 Å². The van der Waals surface area contributed by atoms with Crippen molar-refractivity contribution in [2.45, 2.75) is 32.4 Å². The molecule has 122 valence electrons. The van der Waals surface area contributed by atoms with Crippen LogP contribution in [0.4, 0.5) is 8.78 Å². The quantitative estimate of drug-likeness (QED) is 0.875. The van der Waals surface area contributed by atoms with E-state index in [1.54, 1.807) is 0 Å². The van der Waals surface area contributed by atoms with Crippen LogP contribution >= 0.6 is 0 Å². The molecule has 1 aliphatic rings. The van der Waals surface area contributed by atoms with Gasteiger partial charge >= 0.3 is 5.97 Å². The fourth-order valence-corrected chi connectivity index (χ4v) is 3.02. The number of hydrogen-bond acceptors (Lipinski definition) is 3. The summed E-state index contributed by atoms with van der Waals surface area (Å²) in [6.45, 7) is 4.63. The molecule has 0 aliphatic carbocycles. The van der Waals surface area contributed by atoms with Crippen LogP contribution < -0.4 is 0 Å². The van der Waals surface area contributed by atoms with Gasteiger partial charge in [-0.15, -0.1) is 0 Å². The predicted octanol–water partition coefficient (Wildman–Crippen LogP) is 2.34. The second kappa shape index (κ2) is 7.65. The van der Waals surface area contributed by atoms with E-state index in [0.717, 1.165) is 38.1 Å². The summed E-state index contributed by atoms with van der Waals surface area (Å²) in [4.78, 5) is 14.9. The van der Waals surface area contributed by atoms with Gasteiger partial charge in [0.15, 0.2) is 0 Å². The Labute approximate surface area is 129 Å². The van der Waals surface area contributed by atoms with E-state index in [-0.39, 0.29) is 18.4 Å². The van der Waals surface area contributed by atoms with E-state index >= 15 is 0 Å². The number of benzene rings is 1. The topological polar surface area (TPSA) is 43.8 Å². The maximum Gasteiger partial charge on any atom is 0.317 e. The molecule has 0 bridgehead atoms. The molecule has 1 aliphatic heterocycles. The molecule has 1 saturated heterocycles. The van der Waals surface area contributed by atoms with Gasteiger partial charge in [0.05, 0.1) is 6.54 Å². The standard InChI is InChI=1S/C16H22F2N2O2/c1-2-20(11-16(21)22)14-5-7-19(8-6-14)10-12-9-13(17)3-4-15(12)18/h3-4,9,14H,2,5-8,10-11H2,1H3,(H,21,22). The van der Waals surface area contributed by atoms with Gasteiger partial charge in [0.1, 0.15) is 11.6 Å². The van der Waals surface area contributed by atoms with E-state index in [4.69, 9.17) is 5.11 Å². The van der Waals surface area contributed by atoms with Gasteiger partial charge in [-0.1, -0.05) is 6.92 Å². The van der Waals surface area contributed by atoms with Crippen LogP contribution in [0.15, 0.2) is 18.2 Å². The van der Waals surface area contributed by atoms with Crippen molar-refractivity contribution >= 4 is 5.97 Å². The van der Waals surface area contributed by atoms with Crippen molar-refractivity contribution in [3.63, 3.8) is 0 Å². The van der Waals surface area contributed by atoms with Gasteiger partial charge in [-0.25, -0.2) is 8.78 Å². The van der Waals surface area contributed by atoms with E-state index < -0.39 is 11.8 Å². The van der Waals surface area contributed by atoms with E-state index in [9.17, 15) is 13.6 Å². The summed E-state index contributed by atoms with van der Waals surface area (Å²) in [5.41, 5.74) is 0.372. The van der Waals surface area contributed by atoms with E-state index in [1.807, 2.05) is 11.8 Å². The smallest absolute Gasteiger partial charge is 0.317 e. The van der Waals surface area contributed by atoms with Gasteiger partial charge < -0.3 is 5.11 Å². The molecule has 22 heavy (non-hydrogen) atoms. The lowest BCUT2D eigenvalue weighted by molar-refractivity contribution is -0.139. The first kappa shape index (κ1) is 16.8. The van der Waals surface area contributed by atoms with Crippen LogP contribution in [0.25, 0.3) is 0 Å². The summed E-state index contributed by atoms with van der Waals surface area (Å²) >= 11 is 0. The SMILES string of the molecule is CCN(CC(=O)O)C1CCN(Cc2cc(F)ccc2F)CC1. The van der Waals surface area contributed by atoms with Crippen LogP contribution in [0.1, 0.15) is 25.3 Å². The number of halogens is 2. The summed E-state index contributed by atoms with van der Waals surface area (Å²) in [5, 5.41) is 8.92. The minimum atomic E-state index is -0.814. The van der Waals surface area contributed by atoms with Crippen LogP contribution in [-0.2, 0) is 11.3 Å². The number of carboxylic acid groups (broad SMARTS) is 1. The molecular weight excluding hydrogens is 290 g/mol. The van der Waals surface area contributed by atoms with Crippen molar-refractivity contribution in [2.75, 3.05) is 26.2 Å². The molecule has 1 aromatic rings. The Bertz CT molecular complexity index is 517. The van der Waals surface area contributed by atoms with Crippen LogP contribution in [-0.4, -0.2) is 53.1 Å². The van der Waals surface area contributed by atoms with Gasteiger partial charge in [-0.2, -0.15) is 0 Å². The highest BCUT2D eigenvalue weighted by Crippen LogP contribution is 2.20. The second-order valence-corrected chi connectivity index (χ2v) is 5.70. The maximum absolute atomic E-state index is 13.7. The Morgan fingerprint density at radius 2 is 2.05 bits per heavy atom. The molecule has 0 unspecified atom stereocenters. The van der Waals surface area contributed by atoms with Crippen molar-refractivity contribution < 1.29 is 18.7 Å². The Balaban J connectivity index is 1.89. The maximum atomic E-state index is 13.7. The van der Waals surface area contributed by atoms with Crippen LogP contribution in [0, 0.1) is 11.6 Å². The fourth-order valence-electron chi connectivity index (χ4n) is 3.02. The fraction of sp³-hybridized carbons (Fsp3) is 0.562. The molecule has 2 rings (SSSR count).